The lowest BCUT2D eigenvalue weighted by atomic mass is 10.1. The summed E-state index contributed by atoms with van der Waals surface area (Å²) < 4.78 is 11.3. The van der Waals surface area contributed by atoms with Gasteiger partial charge < -0.3 is 14.8 Å². The number of ketones is 1. The molecule has 3 rings (SSSR count). The van der Waals surface area contributed by atoms with Gasteiger partial charge in [0.05, 0.1) is 31.3 Å². The number of halogens is 1. The Bertz CT molecular complexity index is 1210. The van der Waals surface area contributed by atoms with Crippen molar-refractivity contribution in [1.82, 2.24) is 14.9 Å². The number of benzene rings is 2. The van der Waals surface area contributed by atoms with Gasteiger partial charge in [-0.2, -0.15) is 5.26 Å². The van der Waals surface area contributed by atoms with Crippen LogP contribution in [0.5, 0.6) is 11.5 Å². The van der Waals surface area contributed by atoms with Crippen molar-refractivity contribution in [2.75, 3.05) is 26.1 Å². The first-order chi connectivity index (χ1) is 16.3. The van der Waals surface area contributed by atoms with E-state index in [1.54, 1.807) is 20.1 Å². The van der Waals surface area contributed by atoms with Crippen LogP contribution in [0.25, 0.3) is 10.9 Å². The molecule has 1 atom stereocenters. The number of carbonyl (C=O) groups is 1. The van der Waals surface area contributed by atoms with Gasteiger partial charge in [-0.1, -0.05) is 17.7 Å². The van der Waals surface area contributed by atoms with Gasteiger partial charge in [-0.15, -0.1) is 0 Å². The molecule has 0 spiro atoms. The summed E-state index contributed by atoms with van der Waals surface area (Å²) in [5.74, 6) is 1.79. The third kappa shape index (κ3) is 6.13. The van der Waals surface area contributed by atoms with E-state index in [0.717, 1.165) is 16.6 Å². The smallest absolute Gasteiger partial charge is 0.162 e. The quantitative estimate of drug-likeness (QED) is 0.376. The monoisotopic (exact) mass is 481 g/mol. The molecule has 0 aliphatic rings. The van der Waals surface area contributed by atoms with Crippen molar-refractivity contribution < 1.29 is 14.3 Å². The van der Waals surface area contributed by atoms with Crippen molar-refractivity contribution in [2.24, 2.45) is 0 Å². The number of unbranched alkanes of at least 4 members (excludes halogenated alkanes) is 1. The fourth-order valence-corrected chi connectivity index (χ4v) is 3.59. The van der Waals surface area contributed by atoms with E-state index in [-0.39, 0.29) is 11.8 Å². The summed E-state index contributed by atoms with van der Waals surface area (Å²) in [6.07, 6.45) is 2.51. The van der Waals surface area contributed by atoms with Crippen LogP contribution < -0.4 is 14.8 Å². The fraction of sp³-hybridized carbons (Fsp3) is 0.360. The zero-order chi connectivity index (χ0) is 24.7. The first-order valence-electron chi connectivity index (χ1n) is 10.9. The normalized spacial score (nSPS) is 11.8. The highest BCUT2D eigenvalue weighted by molar-refractivity contribution is 6.30. The molecule has 0 fully saturated rings. The molecule has 34 heavy (non-hydrogen) atoms. The van der Waals surface area contributed by atoms with Crippen molar-refractivity contribution in [2.45, 2.75) is 39.3 Å². The number of likely N-dealkylation sites (N-methyl/N-ethyl adjacent to an activating group) is 1. The Morgan fingerprint density at radius 2 is 2.06 bits per heavy atom. The molecule has 0 saturated carbocycles. The highest BCUT2D eigenvalue weighted by atomic mass is 35.5. The van der Waals surface area contributed by atoms with E-state index in [1.165, 1.54) is 6.33 Å². The van der Waals surface area contributed by atoms with Crippen LogP contribution in [0.1, 0.15) is 32.3 Å². The van der Waals surface area contributed by atoms with Crippen LogP contribution in [0, 0.1) is 11.3 Å². The number of hydrogen-bond acceptors (Lipinski definition) is 8. The van der Waals surface area contributed by atoms with Crippen molar-refractivity contribution in [1.29, 1.82) is 5.26 Å². The molecule has 2 aromatic carbocycles. The van der Waals surface area contributed by atoms with Gasteiger partial charge >= 0.3 is 0 Å². The number of methoxy groups -OCH3 is 1. The molecule has 178 valence electrons. The number of nitrogens with zero attached hydrogens (tertiary/aromatic N) is 4. The molecular weight excluding hydrogens is 454 g/mol. The lowest BCUT2D eigenvalue weighted by Crippen LogP contribution is -2.34. The minimum atomic E-state index is -0.211. The average Bonchev–Trinajstić information content (AvgIpc) is 2.82. The second-order valence-corrected chi connectivity index (χ2v) is 8.42. The molecule has 1 unspecified atom stereocenters. The Kier molecular flexibility index (Phi) is 8.63. The molecule has 0 bridgehead atoms. The maximum atomic E-state index is 11.8. The maximum Gasteiger partial charge on any atom is 0.162 e. The van der Waals surface area contributed by atoms with Gasteiger partial charge in [-0.25, -0.2) is 9.97 Å². The van der Waals surface area contributed by atoms with Crippen LogP contribution in [0.2, 0.25) is 5.02 Å². The SMILES string of the molecule is COc1cc2ncnc(Nc3cc(Cl)ccc3CN(C)C(C)C(C)=O)c2cc1OCCCC#N. The number of nitriles is 1. The molecule has 0 saturated heterocycles. The van der Waals surface area contributed by atoms with E-state index in [9.17, 15) is 4.79 Å². The number of anilines is 2. The number of hydrogen-bond donors (Lipinski definition) is 1. The number of aromatic nitrogens is 2. The molecule has 3 aromatic rings. The summed E-state index contributed by atoms with van der Waals surface area (Å²) in [7, 11) is 3.48. The molecule has 1 heterocycles. The largest absolute Gasteiger partial charge is 0.493 e. The lowest BCUT2D eigenvalue weighted by molar-refractivity contribution is -0.121. The third-order valence-electron chi connectivity index (χ3n) is 5.61. The minimum absolute atomic E-state index is 0.101. The number of fused-ring (bicyclic) bond motifs is 1. The van der Waals surface area contributed by atoms with Crippen LogP contribution in [0.15, 0.2) is 36.7 Å². The Morgan fingerprint density at radius 3 is 2.76 bits per heavy atom. The molecule has 0 amide bonds. The maximum absolute atomic E-state index is 11.8. The minimum Gasteiger partial charge on any atom is -0.493 e. The van der Waals surface area contributed by atoms with Crippen LogP contribution in [-0.4, -0.2) is 47.5 Å². The molecule has 0 aliphatic heterocycles. The van der Waals surface area contributed by atoms with Crippen molar-refractivity contribution >= 4 is 39.8 Å². The molecule has 0 aliphatic carbocycles. The van der Waals surface area contributed by atoms with Crippen LogP contribution in [0.4, 0.5) is 11.5 Å². The number of rotatable bonds is 11. The first-order valence-corrected chi connectivity index (χ1v) is 11.3. The number of carbonyl (C=O) groups excluding carboxylic acids is 1. The van der Waals surface area contributed by atoms with Crippen molar-refractivity contribution in [3.8, 4) is 17.6 Å². The van der Waals surface area contributed by atoms with E-state index >= 15 is 0 Å². The standard InChI is InChI=1S/C25H28ClN5O3/c1-16(17(2)32)31(3)14-18-7-8-19(26)11-21(18)30-25-20-12-24(34-10-6-5-9-27)23(33-4)13-22(20)28-15-29-25/h7-8,11-13,15-16H,5-6,10,14H2,1-4H3,(H,28,29,30). The topological polar surface area (TPSA) is 100 Å². The number of nitrogens with one attached hydrogen (secondary N) is 1. The summed E-state index contributed by atoms with van der Waals surface area (Å²) in [5, 5.41) is 13.5. The number of Topliss-reactive ketones (excluding diaryl/α,β-unsaturated/α-hetero) is 1. The van der Waals surface area contributed by atoms with Crippen LogP contribution in [0.3, 0.4) is 0 Å². The molecule has 1 N–H and O–H groups in total. The number of ether oxygens (including phenoxy) is 2. The van der Waals surface area contributed by atoms with Gasteiger partial charge in [-0.3, -0.25) is 9.69 Å². The van der Waals surface area contributed by atoms with E-state index in [0.29, 0.717) is 53.8 Å². The molecule has 1 aromatic heterocycles. The van der Waals surface area contributed by atoms with Crippen molar-refractivity contribution in [3.05, 3.63) is 47.2 Å². The van der Waals surface area contributed by atoms with E-state index in [1.807, 2.05) is 43.1 Å². The third-order valence-corrected chi connectivity index (χ3v) is 5.84. The second kappa shape index (κ2) is 11.6. The van der Waals surface area contributed by atoms with Crippen molar-refractivity contribution in [3.63, 3.8) is 0 Å². The van der Waals surface area contributed by atoms with Crippen LogP contribution >= 0.6 is 11.6 Å². The highest BCUT2D eigenvalue weighted by Gasteiger charge is 2.17. The highest BCUT2D eigenvalue weighted by Crippen LogP contribution is 2.35. The average molecular weight is 482 g/mol. The second-order valence-electron chi connectivity index (χ2n) is 7.98. The van der Waals surface area contributed by atoms with Crippen LogP contribution in [-0.2, 0) is 11.3 Å². The van der Waals surface area contributed by atoms with Gasteiger partial charge in [0.25, 0.3) is 0 Å². The predicted octanol–water partition coefficient (Wildman–Crippen LogP) is 5.13. The van der Waals surface area contributed by atoms with Gasteiger partial charge in [0.15, 0.2) is 11.5 Å². The van der Waals surface area contributed by atoms with E-state index in [4.69, 9.17) is 26.3 Å². The Balaban J connectivity index is 1.96. The van der Waals surface area contributed by atoms with E-state index < -0.39 is 0 Å². The zero-order valence-corrected chi connectivity index (χ0v) is 20.5. The first kappa shape index (κ1) is 25.2. The molecule has 9 heteroatoms. The van der Waals surface area contributed by atoms with Gasteiger partial charge in [-0.05, 0) is 51.1 Å². The van der Waals surface area contributed by atoms with Gasteiger partial charge in [0, 0.05) is 35.1 Å². The molecule has 8 nitrogen and oxygen atoms in total. The Labute approximate surface area is 204 Å². The summed E-state index contributed by atoms with van der Waals surface area (Å²) in [5.41, 5.74) is 2.43. The van der Waals surface area contributed by atoms with Gasteiger partial charge in [0.2, 0.25) is 0 Å². The predicted molar refractivity (Wildman–Crippen MR) is 133 cm³/mol. The molecule has 0 radical (unpaired) electrons. The van der Waals surface area contributed by atoms with Gasteiger partial charge in [0.1, 0.15) is 17.9 Å². The molecular formula is C25H28ClN5O3. The summed E-state index contributed by atoms with van der Waals surface area (Å²) in [4.78, 5) is 22.6. The Hall–Kier alpha value is -3.41. The fourth-order valence-electron chi connectivity index (χ4n) is 3.42. The summed E-state index contributed by atoms with van der Waals surface area (Å²) >= 11 is 6.30. The summed E-state index contributed by atoms with van der Waals surface area (Å²) in [6, 6.07) is 11.1. The Morgan fingerprint density at radius 1 is 1.26 bits per heavy atom. The zero-order valence-electron chi connectivity index (χ0n) is 19.8. The summed E-state index contributed by atoms with van der Waals surface area (Å²) in [6.45, 7) is 4.41. The van der Waals surface area contributed by atoms with E-state index in [2.05, 4.69) is 21.4 Å². The lowest BCUT2D eigenvalue weighted by Gasteiger charge is -2.24.